The van der Waals surface area contributed by atoms with Crippen molar-refractivity contribution in [3.8, 4) is 0 Å². The van der Waals surface area contributed by atoms with Crippen molar-refractivity contribution in [1.82, 2.24) is 4.90 Å². The molecular weight excluding hydrogens is 369 g/mol. The molecule has 4 rings (SSSR count). The Morgan fingerprint density at radius 2 is 1.90 bits per heavy atom. The largest absolute Gasteiger partial charge is 0.382 e. The highest BCUT2D eigenvalue weighted by molar-refractivity contribution is 5.92. The second-order valence-electron chi connectivity index (χ2n) is 7.88. The third kappa shape index (κ3) is 5.34. The number of amides is 1. The number of carbonyl (C=O) groups is 1. The number of hydrogen-bond donors (Lipinski definition) is 2. The fraction of sp³-hybridized carbons (Fsp3) is 0.435. The first-order valence-corrected chi connectivity index (χ1v) is 10.4. The number of ether oxygens (including phenoxy) is 1. The van der Waals surface area contributed by atoms with Gasteiger partial charge >= 0.3 is 0 Å². The molecule has 2 aliphatic heterocycles. The molecule has 2 saturated heterocycles. The van der Waals surface area contributed by atoms with Gasteiger partial charge in [0.2, 0.25) is 5.91 Å². The van der Waals surface area contributed by atoms with Crippen LogP contribution in [-0.4, -0.2) is 49.2 Å². The molecule has 1 atom stereocenters. The van der Waals surface area contributed by atoms with E-state index in [2.05, 4.69) is 15.5 Å². The zero-order valence-electron chi connectivity index (χ0n) is 16.6. The van der Waals surface area contributed by atoms with Crippen LogP contribution in [0.3, 0.4) is 0 Å². The first-order chi connectivity index (χ1) is 14.2. The summed E-state index contributed by atoms with van der Waals surface area (Å²) < 4.78 is 19.7. The van der Waals surface area contributed by atoms with E-state index in [0.717, 1.165) is 56.8 Å². The SMILES string of the molecule is O=C(Cc1ccccc1)Nc1cc(NC2CCN(C3CCOC3)CC2)ccc1F. The van der Waals surface area contributed by atoms with Gasteiger partial charge in [-0.2, -0.15) is 0 Å². The summed E-state index contributed by atoms with van der Waals surface area (Å²) in [6, 6.07) is 15.2. The summed E-state index contributed by atoms with van der Waals surface area (Å²) in [5.74, 6) is -0.646. The van der Waals surface area contributed by atoms with E-state index >= 15 is 0 Å². The molecule has 0 saturated carbocycles. The van der Waals surface area contributed by atoms with Crippen LogP contribution in [0.15, 0.2) is 48.5 Å². The highest BCUT2D eigenvalue weighted by Crippen LogP contribution is 2.24. The minimum Gasteiger partial charge on any atom is -0.382 e. The third-order valence-corrected chi connectivity index (χ3v) is 5.77. The number of benzene rings is 2. The first kappa shape index (κ1) is 19.9. The Morgan fingerprint density at radius 3 is 2.62 bits per heavy atom. The van der Waals surface area contributed by atoms with Crippen molar-refractivity contribution in [3.05, 3.63) is 59.9 Å². The molecule has 2 heterocycles. The molecule has 2 aromatic carbocycles. The summed E-state index contributed by atoms with van der Waals surface area (Å²) in [5.41, 5.74) is 1.96. The minimum absolute atomic E-state index is 0.219. The van der Waals surface area contributed by atoms with E-state index in [0.29, 0.717) is 12.1 Å². The quantitative estimate of drug-likeness (QED) is 0.781. The smallest absolute Gasteiger partial charge is 0.228 e. The van der Waals surface area contributed by atoms with E-state index in [1.165, 1.54) is 6.07 Å². The molecule has 154 valence electrons. The lowest BCUT2D eigenvalue weighted by atomic mass is 10.0. The van der Waals surface area contributed by atoms with E-state index in [1.54, 1.807) is 12.1 Å². The summed E-state index contributed by atoms with van der Waals surface area (Å²) in [7, 11) is 0. The molecule has 2 aromatic rings. The molecule has 0 spiro atoms. The Balaban J connectivity index is 1.31. The van der Waals surface area contributed by atoms with Crippen LogP contribution in [0.4, 0.5) is 15.8 Å². The molecule has 0 bridgehead atoms. The van der Waals surface area contributed by atoms with Gasteiger partial charge in [0.25, 0.3) is 0 Å². The van der Waals surface area contributed by atoms with Crippen LogP contribution in [-0.2, 0) is 16.0 Å². The van der Waals surface area contributed by atoms with E-state index in [1.807, 2.05) is 30.3 Å². The number of likely N-dealkylation sites (tertiary alicyclic amines) is 1. The Labute approximate surface area is 171 Å². The number of anilines is 2. The van der Waals surface area contributed by atoms with Gasteiger partial charge in [0.05, 0.1) is 18.7 Å². The monoisotopic (exact) mass is 397 g/mol. The molecule has 5 nitrogen and oxygen atoms in total. The normalized spacial score (nSPS) is 20.5. The van der Waals surface area contributed by atoms with Gasteiger partial charge in [-0.1, -0.05) is 30.3 Å². The van der Waals surface area contributed by atoms with Gasteiger partial charge in [-0.05, 0) is 43.0 Å². The maximum absolute atomic E-state index is 14.2. The van der Waals surface area contributed by atoms with Crippen molar-refractivity contribution in [1.29, 1.82) is 0 Å². The summed E-state index contributed by atoms with van der Waals surface area (Å²) in [4.78, 5) is 14.8. The van der Waals surface area contributed by atoms with Crippen LogP contribution in [0.25, 0.3) is 0 Å². The predicted octanol–water partition coefficient (Wildman–Crippen LogP) is 3.67. The van der Waals surface area contributed by atoms with Crippen molar-refractivity contribution in [2.45, 2.75) is 37.8 Å². The Morgan fingerprint density at radius 1 is 1.10 bits per heavy atom. The molecule has 0 radical (unpaired) electrons. The summed E-state index contributed by atoms with van der Waals surface area (Å²) in [5, 5.41) is 6.21. The van der Waals surface area contributed by atoms with Crippen LogP contribution in [0, 0.1) is 5.82 Å². The molecule has 2 fully saturated rings. The molecule has 1 unspecified atom stereocenters. The molecule has 2 N–H and O–H groups in total. The van der Waals surface area contributed by atoms with E-state index in [4.69, 9.17) is 4.74 Å². The van der Waals surface area contributed by atoms with Crippen LogP contribution in [0.5, 0.6) is 0 Å². The van der Waals surface area contributed by atoms with E-state index in [-0.39, 0.29) is 18.0 Å². The van der Waals surface area contributed by atoms with Crippen molar-refractivity contribution < 1.29 is 13.9 Å². The Bertz CT molecular complexity index is 816. The molecule has 0 aliphatic carbocycles. The maximum Gasteiger partial charge on any atom is 0.228 e. The molecule has 2 aliphatic rings. The fourth-order valence-electron chi connectivity index (χ4n) is 4.14. The van der Waals surface area contributed by atoms with Crippen molar-refractivity contribution in [2.75, 3.05) is 36.9 Å². The fourth-order valence-corrected chi connectivity index (χ4v) is 4.14. The zero-order valence-corrected chi connectivity index (χ0v) is 16.6. The Kier molecular flexibility index (Phi) is 6.42. The average molecular weight is 397 g/mol. The highest BCUT2D eigenvalue weighted by Gasteiger charge is 2.27. The molecule has 29 heavy (non-hydrogen) atoms. The summed E-state index contributed by atoms with van der Waals surface area (Å²) in [6.45, 7) is 3.82. The second kappa shape index (κ2) is 9.37. The minimum atomic E-state index is -0.423. The molecule has 0 aromatic heterocycles. The topological polar surface area (TPSA) is 53.6 Å². The highest BCUT2D eigenvalue weighted by atomic mass is 19.1. The van der Waals surface area contributed by atoms with Crippen molar-refractivity contribution >= 4 is 17.3 Å². The number of rotatable bonds is 6. The van der Waals surface area contributed by atoms with E-state index < -0.39 is 5.82 Å². The first-order valence-electron chi connectivity index (χ1n) is 10.4. The average Bonchev–Trinajstić information content (AvgIpc) is 3.27. The number of nitrogens with one attached hydrogen (secondary N) is 2. The number of hydrogen-bond acceptors (Lipinski definition) is 4. The maximum atomic E-state index is 14.2. The van der Waals surface area contributed by atoms with Gasteiger partial charge in [0, 0.05) is 37.5 Å². The van der Waals surface area contributed by atoms with Crippen molar-refractivity contribution in [2.24, 2.45) is 0 Å². The van der Waals surface area contributed by atoms with Gasteiger partial charge in [0.1, 0.15) is 5.82 Å². The number of carbonyl (C=O) groups excluding carboxylic acids is 1. The number of halogens is 1. The number of piperidine rings is 1. The molecule has 1 amide bonds. The van der Waals surface area contributed by atoms with Gasteiger partial charge in [-0.25, -0.2) is 4.39 Å². The van der Waals surface area contributed by atoms with Crippen molar-refractivity contribution in [3.63, 3.8) is 0 Å². The second-order valence-corrected chi connectivity index (χ2v) is 7.88. The van der Waals surface area contributed by atoms with Crippen LogP contribution >= 0.6 is 0 Å². The standard InChI is InChI=1S/C23H28FN3O2/c24-21-7-6-19(15-22(21)26-23(28)14-17-4-2-1-3-5-17)25-18-8-11-27(12-9-18)20-10-13-29-16-20/h1-7,15,18,20,25H,8-14,16H2,(H,26,28). The van der Waals surface area contributed by atoms with Gasteiger partial charge in [-0.15, -0.1) is 0 Å². The lowest BCUT2D eigenvalue weighted by Crippen LogP contribution is -2.44. The Hall–Kier alpha value is -2.44. The third-order valence-electron chi connectivity index (χ3n) is 5.77. The van der Waals surface area contributed by atoms with Crippen LogP contribution < -0.4 is 10.6 Å². The lowest BCUT2D eigenvalue weighted by Gasteiger charge is -2.36. The van der Waals surface area contributed by atoms with Gasteiger partial charge in [-0.3, -0.25) is 9.69 Å². The van der Waals surface area contributed by atoms with Gasteiger partial charge < -0.3 is 15.4 Å². The number of nitrogens with zero attached hydrogens (tertiary/aromatic N) is 1. The van der Waals surface area contributed by atoms with E-state index in [9.17, 15) is 9.18 Å². The lowest BCUT2D eigenvalue weighted by molar-refractivity contribution is -0.115. The summed E-state index contributed by atoms with van der Waals surface area (Å²) in [6.07, 6.45) is 3.44. The van der Waals surface area contributed by atoms with Gasteiger partial charge in [0.15, 0.2) is 0 Å². The zero-order chi connectivity index (χ0) is 20.1. The van der Waals surface area contributed by atoms with Crippen LogP contribution in [0.2, 0.25) is 0 Å². The van der Waals surface area contributed by atoms with Crippen LogP contribution in [0.1, 0.15) is 24.8 Å². The predicted molar refractivity (Wildman–Crippen MR) is 113 cm³/mol. The molecular formula is C23H28FN3O2. The summed E-state index contributed by atoms with van der Waals surface area (Å²) >= 11 is 0. The molecule has 6 heteroatoms.